The van der Waals surface area contributed by atoms with Gasteiger partial charge in [-0.15, -0.1) is 0 Å². The van der Waals surface area contributed by atoms with E-state index in [0.29, 0.717) is 18.0 Å². The molecule has 2 N–H and O–H groups in total. The van der Waals surface area contributed by atoms with Gasteiger partial charge in [-0.05, 0) is 26.0 Å². The molecule has 0 bridgehead atoms. The molecule has 2 atom stereocenters. The Labute approximate surface area is 99.2 Å². The molecule has 0 saturated heterocycles. The molecule has 1 unspecified atom stereocenters. The number of nitrogens with two attached hydrogens (primary N) is 1. The molecule has 1 heterocycles. The van der Waals surface area contributed by atoms with Crippen LogP contribution in [0.3, 0.4) is 0 Å². The van der Waals surface area contributed by atoms with Crippen LogP contribution >= 0.6 is 0 Å². The molecule has 1 amide bonds. The lowest BCUT2D eigenvalue weighted by Crippen LogP contribution is -2.48. The Kier molecular flexibility index (Phi) is 3.02. The number of fused-ring (bicyclic) bond motifs is 1. The lowest BCUT2D eigenvalue weighted by Gasteiger charge is -2.34. The van der Waals surface area contributed by atoms with Crippen molar-refractivity contribution in [1.29, 1.82) is 0 Å². The minimum atomic E-state index is -0.585. The molecule has 1 aliphatic heterocycles. The summed E-state index contributed by atoms with van der Waals surface area (Å²) in [6, 6.07) is 3.54. The van der Waals surface area contributed by atoms with Crippen LogP contribution in [0.1, 0.15) is 13.8 Å². The number of hydrogen-bond donors (Lipinski definition) is 1. The first kappa shape index (κ1) is 11.9. The normalized spacial score (nSPS) is 20.5. The quantitative estimate of drug-likeness (QED) is 0.802. The van der Waals surface area contributed by atoms with E-state index in [1.165, 1.54) is 18.2 Å². The summed E-state index contributed by atoms with van der Waals surface area (Å²) >= 11 is 0. The van der Waals surface area contributed by atoms with Crippen molar-refractivity contribution in [3.63, 3.8) is 0 Å². The lowest BCUT2D eigenvalue weighted by molar-refractivity contribution is -0.119. The monoisotopic (exact) mass is 238 g/mol. The topological polar surface area (TPSA) is 55.6 Å². The Hall–Kier alpha value is -1.62. The number of benzene rings is 1. The van der Waals surface area contributed by atoms with Crippen LogP contribution in [0, 0.1) is 5.82 Å². The first-order chi connectivity index (χ1) is 7.99. The molecule has 17 heavy (non-hydrogen) atoms. The minimum Gasteiger partial charge on any atom is -0.487 e. The molecule has 0 fully saturated rings. The van der Waals surface area contributed by atoms with Gasteiger partial charge < -0.3 is 15.4 Å². The smallest absolute Gasteiger partial charge is 0.243 e. The number of anilines is 1. The van der Waals surface area contributed by atoms with E-state index in [1.54, 1.807) is 11.8 Å². The van der Waals surface area contributed by atoms with Gasteiger partial charge in [0.25, 0.3) is 0 Å². The molecule has 0 aromatic heterocycles. The Morgan fingerprint density at radius 1 is 1.65 bits per heavy atom. The van der Waals surface area contributed by atoms with Gasteiger partial charge in [-0.25, -0.2) is 4.39 Å². The number of carbonyl (C=O) groups is 1. The van der Waals surface area contributed by atoms with Crippen LogP contribution in [0.15, 0.2) is 18.2 Å². The predicted molar refractivity (Wildman–Crippen MR) is 62.5 cm³/mol. The second kappa shape index (κ2) is 4.33. The Morgan fingerprint density at radius 3 is 3.00 bits per heavy atom. The van der Waals surface area contributed by atoms with Crippen molar-refractivity contribution in [3.05, 3.63) is 24.0 Å². The van der Waals surface area contributed by atoms with E-state index in [1.807, 2.05) is 6.92 Å². The Balaban J connectivity index is 2.41. The third-order valence-electron chi connectivity index (χ3n) is 2.64. The van der Waals surface area contributed by atoms with Crippen molar-refractivity contribution in [2.75, 3.05) is 11.4 Å². The third kappa shape index (κ3) is 2.24. The van der Waals surface area contributed by atoms with Crippen LogP contribution in [0.4, 0.5) is 10.1 Å². The van der Waals surface area contributed by atoms with Gasteiger partial charge in [0.2, 0.25) is 5.91 Å². The summed E-state index contributed by atoms with van der Waals surface area (Å²) in [7, 11) is 0. The van der Waals surface area contributed by atoms with E-state index in [-0.39, 0.29) is 17.8 Å². The first-order valence-corrected chi connectivity index (χ1v) is 5.52. The summed E-state index contributed by atoms with van der Waals surface area (Å²) in [5.74, 6) is -0.184. The number of carbonyl (C=O) groups excluding carboxylic acids is 1. The SMILES string of the molecule is CC1CN(C(=O)[C@H](C)N)c2ccc(F)cc2O1. The van der Waals surface area contributed by atoms with E-state index in [9.17, 15) is 9.18 Å². The molecule has 1 aliphatic rings. The van der Waals surface area contributed by atoms with Gasteiger partial charge in [0.15, 0.2) is 0 Å². The van der Waals surface area contributed by atoms with Crippen molar-refractivity contribution in [2.24, 2.45) is 5.73 Å². The fraction of sp³-hybridized carbons (Fsp3) is 0.417. The van der Waals surface area contributed by atoms with Crippen LogP contribution < -0.4 is 15.4 Å². The second-order valence-corrected chi connectivity index (χ2v) is 4.28. The minimum absolute atomic E-state index is 0.174. The summed E-state index contributed by atoms with van der Waals surface area (Å²) in [6.07, 6.45) is -0.174. The molecule has 0 saturated carbocycles. The number of halogens is 1. The fourth-order valence-electron chi connectivity index (χ4n) is 1.87. The van der Waals surface area contributed by atoms with Gasteiger partial charge in [0, 0.05) is 6.07 Å². The zero-order valence-electron chi connectivity index (χ0n) is 9.81. The van der Waals surface area contributed by atoms with Gasteiger partial charge in [-0.2, -0.15) is 0 Å². The molecule has 1 aromatic rings. The highest BCUT2D eigenvalue weighted by Crippen LogP contribution is 2.34. The van der Waals surface area contributed by atoms with E-state index in [4.69, 9.17) is 10.5 Å². The zero-order chi connectivity index (χ0) is 12.6. The molecule has 0 aliphatic carbocycles. The molecule has 1 aromatic carbocycles. The largest absolute Gasteiger partial charge is 0.487 e. The lowest BCUT2D eigenvalue weighted by atomic mass is 10.1. The molecule has 92 valence electrons. The summed E-state index contributed by atoms with van der Waals surface area (Å²) in [5.41, 5.74) is 6.17. The van der Waals surface area contributed by atoms with Crippen molar-refractivity contribution < 1.29 is 13.9 Å². The first-order valence-electron chi connectivity index (χ1n) is 5.52. The average molecular weight is 238 g/mol. The van der Waals surface area contributed by atoms with Gasteiger partial charge in [-0.3, -0.25) is 4.79 Å². The zero-order valence-corrected chi connectivity index (χ0v) is 9.81. The van der Waals surface area contributed by atoms with Gasteiger partial charge >= 0.3 is 0 Å². The number of nitrogens with zero attached hydrogens (tertiary/aromatic N) is 1. The highest BCUT2D eigenvalue weighted by Gasteiger charge is 2.29. The van der Waals surface area contributed by atoms with Crippen LogP contribution in [0.25, 0.3) is 0 Å². The maximum absolute atomic E-state index is 13.1. The molecule has 4 nitrogen and oxygen atoms in total. The second-order valence-electron chi connectivity index (χ2n) is 4.28. The summed E-state index contributed by atoms with van der Waals surface area (Å²) in [6.45, 7) is 3.89. The number of hydrogen-bond acceptors (Lipinski definition) is 3. The highest BCUT2D eigenvalue weighted by atomic mass is 19.1. The van der Waals surface area contributed by atoms with Crippen molar-refractivity contribution in [3.8, 4) is 5.75 Å². The van der Waals surface area contributed by atoms with Crippen molar-refractivity contribution in [2.45, 2.75) is 26.0 Å². The van der Waals surface area contributed by atoms with Crippen LogP contribution in [0.2, 0.25) is 0 Å². The Bertz CT molecular complexity index is 448. The van der Waals surface area contributed by atoms with Gasteiger partial charge in [0.1, 0.15) is 17.7 Å². The Morgan fingerprint density at radius 2 is 2.35 bits per heavy atom. The maximum Gasteiger partial charge on any atom is 0.243 e. The number of ether oxygens (including phenoxy) is 1. The van der Waals surface area contributed by atoms with Crippen LogP contribution in [-0.4, -0.2) is 24.6 Å². The van der Waals surface area contributed by atoms with Gasteiger partial charge in [0.05, 0.1) is 18.3 Å². The fourth-order valence-corrected chi connectivity index (χ4v) is 1.87. The standard InChI is InChI=1S/C12H15FN2O2/c1-7-6-15(12(16)8(2)14)10-4-3-9(13)5-11(10)17-7/h3-5,7-8H,6,14H2,1-2H3/t7?,8-/m0/s1. The third-order valence-corrected chi connectivity index (χ3v) is 2.64. The van der Waals surface area contributed by atoms with Gasteiger partial charge in [-0.1, -0.05) is 0 Å². The van der Waals surface area contributed by atoms with Crippen LogP contribution in [0.5, 0.6) is 5.75 Å². The molecule has 5 heteroatoms. The van der Waals surface area contributed by atoms with Crippen molar-refractivity contribution in [1.82, 2.24) is 0 Å². The highest BCUT2D eigenvalue weighted by molar-refractivity contribution is 5.98. The number of amides is 1. The maximum atomic E-state index is 13.1. The molecular weight excluding hydrogens is 223 g/mol. The summed E-state index contributed by atoms with van der Waals surface area (Å²) in [5, 5.41) is 0. The number of rotatable bonds is 1. The van der Waals surface area contributed by atoms with Crippen LogP contribution in [-0.2, 0) is 4.79 Å². The molecular formula is C12H15FN2O2. The van der Waals surface area contributed by atoms with E-state index in [0.717, 1.165) is 0 Å². The van der Waals surface area contributed by atoms with E-state index < -0.39 is 6.04 Å². The summed E-state index contributed by atoms with van der Waals surface area (Å²) in [4.78, 5) is 13.5. The average Bonchev–Trinajstić information content (AvgIpc) is 2.26. The van der Waals surface area contributed by atoms with Crippen molar-refractivity contribution >= 4 is 11.6 Å². The van der Waals surface area contributed by atoms with E-state index in [2.05, 4.69) is 0 Å². The summed E-state index contributed by atoms with van der Waals surface area (Å²) < 4.78 is 18.6. The predicted octanol–water partition coefficient (Wildman–Crippen LogP) is 1.29. The van der Waals surface area contributed by atoms with E-state index >= 15 is 0 Å². The molecule has 0 spiro atoms. The molecule has 0 radical (unpaired) electrons. The molecule has 2 rings (SSSR count).